The van der Waals surface area contributed by atoms with E-state index in [0.717, 1.165) is 51.4 Å². The summed E-state index contributed by atoms with van der Waals surface area (Å²) in [4.78, 5) is 24.5. The van der Waals surface area contributed by atoms with E-state index in [-0.39, 0.29) is 18.5 Å². The fourth-order valence-electron chi connectivity index (χ4n) is 8.49. The average Bonchev–Trinajstić information content (AvgIpc) is 3.27. The molecule has 0 heterocycles. The minimum atomic E-state index is -0.667. The molecule has 0 saturated heterocycles. The molecule has 62 heavy (non-hydrogen) atoms. The molecule has 2 atom stereocenters. The molecule has 3 N–H and O–H groups in total. The Hall–Kier alpha value is -1.66. The first-order chi connectivity index (χ1) is 30.5. The van der Waals surface area contributed by atoms with Crippen LogP contribution >= 0.6 is 0 Å². The molecule has 0 aromatic carbocycles. The van der Waals surface area contributed by atoms with Gasteiger partial charge in [0.1, 0.15) is 0 Å². The number of esters is 1. The molecular formula is C56H107NO5. The van der Waals surface area contributed by atoms with Gasteiger partial charge in [-0.25, -0.2) is 0 Å². The van der Waals surface area contributed by atoms with Crippen LogP contribution in [0.3, 0.4) is 0 Å². The lowest BCUT2D eigenvalue weighted by molar-refractivity contribution is -0.143. The van der Waals surface area contributed by atoms with Crippen LogP contribution in [-0.2, 0) is 14.3 Å². The van der Waals surface area contributed by atoms with E-state index in [4.69, 9.17) is 4.74 Å². The number of rotatable bonds is 51. The normalized spacial score (nSPS) is 12.8. The van der Waals surface area contributed by atoms with Crippen LogP contribution in [0.1, 0.15) is 296 Å². The lowest BCUT2D eigenvalue weighted by Crippen LogP contribution is -2.45. The van der Waals surface area contributed by atoms with Gasteiger partial charge in [0.25, 0.3) is 0 Å². The van der Waals surface area contributed by atoms with Gasteiger partial charge in [-0.1, -0.05) is 250 Å². The second-order valence-corrected chi connectivity index (χ2v) is 18.9. The first kappa shape index (κ1) is 60.3. The number of hydrogen-bond donors (Lipinski definition) is 3. The average molecular weight is 874 g/mol. The van der Waals surface area contributed by atoms with E-state index in [1.165, 1.54) is 212 Å². The molecule has 2 unspecified atom stereocenters. The monoisotopic (exact) mass is 874 g/mol. The number of hydrogen-bond acceptors (Lipinski definition) is 5. The molecule has 6 heteroatoms. The Kier molecular flexibility index (Phi) is 50.6. The van der Waals surface area contributed by atoms with Crippen molar-refractivity contribution in [3.8, 4) is 0 Å². The number of amides is 1. The number of carbonyl (C=O) groups is 2. The summed E-state index contributed by atoms with van der Waals surface area (Å²) in [5.74, 6) is -0.0470. The first-order valence-corrected chi connectivity index (χ1v) is 27.6. The summed E-state index contributed by atoms with van der Waals surface area (Å²) >= 11 is 0. The standard InChI is InChI=1S/C56H107NO5/c1-3-5-7-9-11-13-15-16-17-18-19-23-26-30-34-38-42-46-50-56(61)62-51-47-43-39-35-31-27-24-21-20-22-25-29-33-37-41-45-49-55(60)57-53(52-58)54(59)48-44-40-36-32-28-14-12-10-8-6-4-2/h13,15,17-18,53-54,58-59H,3-12,14,16,19-52H2,1-2H3,(H,57,60)/b15-13-,18-17-. The minimum Gasteiger partial charge on any atom is -0.466 e. The zero-order valence-electron chi connectivity index (χ0n) is 41.6. The van der Waals surface area contributed by atoms with Gasteiger partial charge < -0.3 is 20.3 Å². The van der Waals surface area contributed by atoms with Gasteiger partial charge in [0, 0.05) is 12.8 Å². The van der Waals surface area contributed by atoms with E-state index in [2.05, 4.69) is 43.5 Å². The van der Waals surface area contributed by atoms with Crippen molar-refractivity contribution in [3.05, 3.63) is 24.3 Å². The summed E-state index contributed by atoms with van der Waals surface area (Å²) in [7, 11) is 0. The summed E-state index contributed by atoms with van der Waals surface area (Å²) in [6.45, 7) is 4.91. The maximum absolute atomic E-state index is 12.4. The summed E-state index contributed by atoms with van der Waals surface area (Å²) in [5, 5.41) is 23.2. The van der Waals surface area contributed by atoms with Crippen molar-refractivity contribution in [2.45, 2.75) is 309 Å². The third-order valence-corrected chi connectivity index (χ3v) is 12.8. The van der Waals surface area contributed by atoms with Gasteiger partial charge in [0.15, 0.2) is 0 Å². The van der Waals surface area contributed by atoms with Gasteiger partial charge in [-0.2, -0.15) is 0 Å². The molecule has 0 fully saturated rings. The predicted molar refractivity (Wildman–Crippen MR) is 269 cm³/mol. The zero-order chi connectivity index (χ0) is 45.1. The van der Waals surface area contributed by atoms with E-state index >= 15 is 0 Å². The molecule has 0 aromatic heterocycles. The number of aliphatic hydroxyl groups excluding tert-OH is 2. The number of ether oxygens (including phenoxy) is 1. The molecule has 0 radical (unpaired) electrons. The van der Waals surface area contributed by atoms with E-state index < -0.39 is 12.1 Å². The Morgan fingerprint density at radius 3 is 1.24 bits per heavy atom. The van der Waals surface area contributed by atoms with Crippen LogP contribution in [0, 0.1) is 0 Å². The van der Waals surface area contributed by atoms with Gasteiger partial charge in [-0.3, -0.25) is 9.59 Å². The highest BCUT2D eigenvalue weighted by Gasteiger charge is 2.20. The van der Waals surface area contributed by atoms with E-state index in [9.17, 15) is 19.8 Å². The fourth-order valence-corrected chi connectivity index (χ4v) is 8.49. The van der Waals surface area contributed by atoms with E-state index in [1.54, 1.807) is 0 Å². The second-order valence-electron chi connectivity index (χ2n) is 18.9. The van der Waals surface area contributed by atoms with Crippen molar-refractivity contribution >= 4 is 11.9 Å². The number of nitrogens with one attached hydrogen (secondary N) is 1. The highest BCUT2D eigenvalue weighted by Crippen LogP contribution is 2.17. The SMILES string of the molecule is CCCCCC/C=C\C/C=C\CCCCCCCCCC(=O)OCCCCCCCCCCCCCCCCCCC(=O)NC(CO)C(O)CCCCCCCCCCCCC. The molecule has 1 amide bonds. The highest BCUT2D eigenvalue weighted by atomic mass is 16.5. The lowest BCUT2D eigenvalue weighted by Gasteiger charge is -2.22. The topological polar surface area (TPSA) is 95.9 Å². The molecule has 0 aliphatic rings. The Balaban J connectivity index is 3.40. The molecule has 0 rings (SSSR count). The van der Waals surface area contributed by atoms with Gasteiger partial charge in [-0.05, 0) is 57.8 Å². The van der Waals surface area contributed by atoms with E-state index in [0.29, 0.717) is 25.9 Å². The van der Waals surface area contributed by atoms with Gasteiger partial charge in [-0.15, -0.1) is 0 Å². The zero-order valence-corrected chi connectivity index (χ0v) is 41.6. The van der Waals surface area contributed by atoms with Crippen LogP contribution in [0.15, 0.2) is 24.3 Å². The van der Waals surface area contributed by atoms with Crippen LogP contribution in [0.4, 0.5) is 0 Å². The predicted octanol–water partition coefficient (Wildman–Crippen LogP) is 16.7. The fraction of sp³-hybridized carbons (Fsp3) is 0.893. The minimum absolute atomic E-state index is 0.00420. The largest absolute Gasteiger partial charge is 0.466 e. The Morgan fingerprint density at radius 1 is 0.452 bits per heavy atom. The maximum atomic E-state index is 12.4. The van der Waals surface area contributed by atoms with Crippen molar-refractivity contribution in [3.63, 3.8) is 0 Å². The molecule has 0 aliphatic heterocycles. The van der Waals surface area contributed by atoms with Crippen molar-refractivity contribution < 1.29 is 24.5 Å². The van der Waals surface area contributed by atoms with Crippen molar-refractivity contribution in [1.82, 2.24) is 5.32 Å². The number of unbranched alkanes of at least 4 members (excludes halogenated alkanes) is 36. The van der Waals surface area contributed by atoms with Crippen molar-refractivity contribution in [2.24, 2.45) is 0 Å². The van der Waals surface area contributed by atoms with Crippen molar-refractivity contribution in [2.75, 3.05) is 13.2 Å². The van der Waals surface area contributed by atoms with Gasteiger partial charge >= 0.3 is 5.97 Å². The highest BCUT2D eigenvalue weighted by molar-refractivity contribution is 5.76. The molecular weight excluding hydrogens is 767 g/mol. The van der Waals surface area contributed by atoms with Crippen molar-refractivity contribution in [1.29, 1.82) is 0 Å². The Labute approximate surface area is 386 Å². The third kappa shape index (κ3) is 47.8. The first-order valence-electron chi connectivity index (χ1n) is 27.6. The number of carbonyl (C=O) groups excluding carboxylic acids is 2. The molecule has 0 aromatic rings. The van der Waals surface area contributed by atoms with Gasteiger partial charge in [0.2, 0.25) is 5.91 Å². The number of allylic oxidation sites excluding steroid dienone is 4. The lowest BCUT2D eigenvalue weighted by atomic mass is 10.0. The molecule has 0 aliphatic carbocycles. The molecule has 0 saturated carbocycles. The Morgan fingerprint density at radius 2 is 0.806 bits per heavy atom. The smallest absolute Gasteiger partial charge is 0.305 e. The van der Waals surface area contributed by atoms with Crippen LogP contribution < -0.4 is 5.32 Å². The molecule has 6 nitrogen and oxygen atoms in total. The van der Waals surface area contributed by atoms with Crippen LogP contribution in [0.25, 0.3) is 0 Å². The van der Waals surface area contributed by atoms with Crippen LogP contribution in [0.2, 0.25) is 0 Å². The molecule has 0 spiro atoms. The van der Waals surface area contributed by atoms with Crippen LogP contribution in [0.5, 0.6) is 0 Å². The molecule has 366 valence electrons. The summed E-state index contributed by atoms with van der Waals surface area (Å²) < 4.78 is 5.48. The summed E-state index contributed by atoms with van der Waals surface area (Å²) in [5.41, 5.74) is 0. The van der Waals surface area contributed by atoms with Gasteiger partial charge in [0.05, 0.1) is 25.4 Å². The quantitative estimate of drug-likeness (QED) is 0.0321. The second kappa shape index (κ2) is 52.0. The van der Waals surface area contributed by atoms with Crippen LogP contribution in [-0.4, -0.2) is 47.4 Å². The number of aliphatic hydroxyl groups is 2. The summed E-state index contributed by atoms with van der Waals surface area (Å²) in [6, 6.07) is -0.545. The third-order valence-electron chi connectivity index (χ3n) is 12.8. The van der Waals surface area contributed by atoms with E-state index in [1.807, 2.05) is 0 Å². The Bertz CT molecular complexity index is 966. The maximum Gasteiger partial charge on any atom is 0.305 e. The summed E-state index contributed by atoms with van der Waals surface area (Å²) in [6.07, 6.45) is 61.6. The molecule has 0 bridgehead atoms.